The number of fused-ring (bicyclic) bond motifs is 1. The lowest BCUT2D eigenvalue weighted by Crippen LogP contribution is -2.26. The van der Waals surface area contributed by atoms with Gasteiger partial charge in [-0.1, -0.05) is 46.6 Å². The summed E-state index contributed by atoms with van der Waals surface area (Å²) in [6.45, 7) is 6.11. The highest BCUT2D eigenvalue weighted by molar-refractivity contribution is 6.33. The van der Waals surface area contributed by atoms with Crippen LogP contribution < -0.4 is 5.32 Å². The molecule has 0 bridgehead atoms. The van der Waals surface area contributed by atoms with E-state index in [0.29, 0.717) is 39.8 Å². The minimum Gasteiger partial charge on any atom is -0.359 e. The molecule has 5 rings (SSSR count). The average Bonchev–Trinajstić information content (AvgIpc) is 3.32. The molecule has 0 saturated heterocycles. The van der Waals surface area contributed by atoms with E-state index in [0.717, 1.165) is 33.3 Å². The van der Waals surface area contributed by atoms with Crippen molar-refractivity contribution in [3.8, 4) is 11.3 Å². The molecule has 8 heteroatoms. The summed E-state index contributed by atoms with van der Waals surface area (Å²) in [4.78, 5) is 32.9. The second-order valence-electron chi connectivity index (χ2n) is 9.64. The fourth-order valence-electron chi connectivity index (χ4n) is 4.59. The molecule has 39 heavy (non-hydrogen) atoms. The molecule has 0 saturated carbocycles. The van der Waals surface area contributed by atoms with E-state index in [1.807, 2.05) is 51.1 Å². The standard InChI is InChI=1S/C31H27ClN4O3/c1-18-13-19(2)29-25(14-18)26(16-28(34-29)24-7-5-6-8-27(24)32)30(37)33-22-11-9-21(10-12-22)31(38)36(4)17-23-15-20(3)35-39-23/h5-16H,17H2,1-4H3,(H,33,37). The maximum Gasteiger partial charge on any atom is 0.256 e. The Morgan fingerprint density at radius 3 is 2.41 bits per heavy atom. The van der Waals surface area contributed by atoms with Crippen molar-refractivity contribution >= 4 is 40.0 Å². The second-order valence-corrected chi connectivity index (χ2v) is 10.0. The van der Waals surface area contributed by atoms with E-state index in [1.54, 1.807) is 54.4 Å². The van der Waals surface area contributed by atoms with Gasteiger partial charge in [0, 0.05) is 40.3 Å². The number of aromatic nitrogens is 2. The number of aryl methyl sites for hydroxylation is 3. The second kappa shape index (κ2) is 10.7. The third kappa shape index (κ3) is 5.54. The smallest absolute Gasteiger partial charge is 0.256 e. The lowest BCUT2D eigenvalue weighted by atomic mass is 9.99. The average molecular weight is 539 g/mol. The van der Waals surface area contributed by atoms with Gasteiger partial charge in [0.05, 0.1) is 29.0 Å². The number of benzene rings is 3. The van der Waals surface area contributed by atoms with Crippen LogP contribution in [0.4, 0.5) is 5.69 Å². The van der Waals surface area contributed by atoms with Gasteiger partial charge >= 0.3 is 0 Å². The van der Waals surface area contributed by atoms with Gasteiger partial charge in [-0.2, -0.15) is 0 Å². The molecule has 0 spiro atoms. The molecule has 7 nitrogen and oxygen atoms in total. The molecule has 1 N–H and O–H groups in total. The summed E-state index contributed by atoms with van der Waals surface area (Å²) in [6.07, 6.45) is 0. The van der Waals surface area contributed by atoms with Gasteiger partial charge in [0.2, 0.25) is 0 Å². The third-order valence-electron chi connectivity index (χ3n) is 6.45. The van der Waals surface area contributed by atoms with E-state index in [2.05, 4.69) is 10.5 Å². The van der Waals surface area contributed by atoms with Crippen molar-refractivity contribution in [2.45, 2.75) is 27.3 Å². The van der Waals surface area contributed by atoms with Crippen LogP contribution >= 0.6 is 11.6 Å². The monoisotopic (exact) mass is 538 g/mol. The van der Waals surface area contributed by atoms with Gasteiger partial charge in [0.15, 0.2) is 5.76 Å². The largest absolute Gasteiger partial charge is 0.359 e. The van der Waals surface area contributed by atoms with Crippen LogP contribution in [0.25, 0.3) is 22.2 Å². The molecule has 0 aliphatic rings. The molecular formula is C31H27ClN4O3. The number of amides is 2. The molecule has 2 heterocycles. The highest BCUT2D eigenvalue weighted by Gasteiger charge is 2.18. The Balaban J connectivity index is 1.42. The minimum absolute atomic E-state index is 0.169. The highest BCUT2D eigenvalue weighted by Crippen LogP contribution is 2.32. The number of hydrogen-bond donors (Lipinski definition) is 1. The quantitative estimate of drug-likeness (QED) is 0.251. The van der Waals surface area contributed by atoms with E-state index in [-0.39, 0.29) is 11.8 Å². The van der Waals surface area contributed by atoms with Crippen molar-refractivity contribution < 1.29 is 14.1 Å². The van der Waals surface area contributed by atoms with Crippen molar-refractivity contribution in [2.75, 3.05) is 12.4 Å². The number of rotatable bonds is 6. The van der Waals surface area contributed by atoms with Gasteiger partial charge in [0.25, 0.3) is 11.8 Å². The number of anilines is 1. The first-order valence-corrected chi connectivity index (χ1v) is 12.8. The molecule has 0 radical (unpaired) electrons. The van der Waals surface area contributed by atoms with Crippen LogP contribution in [0.2, 0.25) is 5.02 Å². The number of nitrogens with one attached hydrogen (secondary N) is 1. The maximum absolute atomic E-state index is 13.6. The van der Waals surface area contributed by atoms with Crippen LogP contribution in [-0.2, 0) is 6.54 Å². The first-order valence-electron chi connectivity index (χ1n) is 12.5. The Bertz CT molecular complexity index is 1710. The van der Waals surface area contributed by atoms with Crippen LogP contribution in [0.15, 0.2) is 77.3 Å². The third-order valence-corrected chi connectivity index (χ3v) is 6.78. The van der Waals surface area contributed by atoms with E-state index < -0.39 is 0 Å². The number of carbonyl (C=O) groups excluding carboxylic acids is 2. The molecule has 2 amide bonds. The zero-order valence-corrected chi connectivity index (χ0v) is 22.8. The number of halogens is 1. The van der Waals surface area contributed by atoms with Crippen molar-refractivity contribution in [1.82, 2.24) is 15.0 Å². The number of nitrogens with zero attached hydrogens (tertiary/aromatic N) is 3. The molecule has 0 unspecified atom stereocenters. The molecule has 196 valence electrons. The number of hydrogen-bond acceptors (Lipinski definition) is 5. The zero-order chi connectivity index (χ0) is 27.7. The number of pyridine rings is 1. The number of carbonyl (C=O) groups is 2. The van der Waals surface area contributed by atoms with E-state index in [9.17, 15) is 9.59 Å². The lowest BCUT2D eigenvalue weighted by molar-refractivity contribution is 0.0772. The summed E-state index contributed by atoms with van der Waals surface area (Å²) in [5.74, 6) is 0.161. The molecule has 0 atom stereocenters. The zero-order valence-electron chi connectivity index (χ0n) is 22.1. The summed E-state index contributed by atoms with van der Waals surface area (Å²) < 4.78 is 5.21. The molecule has 0 fully saturated rings. The van der Waals surface area contributed by atoms with E-state index in [4.69, 9.17) is 21.1 Å². The molecule has 0 aliphatic heterocycles. The molecule has 5 aromatic rings. The van der Waals surface area contributed by atoms with E-state index in [1.165, 1.54) is 0 Å². The molecule has 3 aromatic carbocycles. The maximum atomic E-state index is 13.6. The summed E-state index contributed by atoms with van der Waals surface area (Å²) in [6, 6.07) is 21.8. The van der Waals surface area contributed by atoms with E-state index >= 15 is 0 Å². The Labute approximate surface area is 231 Å². The molecule has 2 aromatic heterocycles. The van der Waals surface area contributed by atoms with Crippen LogP contribution in [0.3, 0.4) is 0 Å². The Morgan fingerprint density at radius 2 is 1.72 bits per heavy atom. The first kappa shape index (κ1) is 26.1. The lowest BCUT2D eigenvalue weighted by Gasteiger charge is -2.16. The first-order chi connectivity index (χ1) is 18.7. The van der Waals surface area contributed by atoms with Gasteiger partial charge in [-0.3, -0.25) is 9.59 Å². The summed E-state index contributed by atoms with van der Waals surface area (Å²) in [5.41, 5.74) is 6.44. The van der Waals surface area contributed by atoms with Gasteiger partial charge in [-0.05, 0) is 68.8 Å². The summed E-state index contributed by atoms with van der Waals surface area (Å²) in [5, 5.41) is 8.15. The van der Waals surface area contributed by atoms with Crippen molar-refractivity contribution in [3.05, 3.63) is 112 Å². The Kier molecular flexibility index (Phi) is 7.17. The van der Waals surface area contributed by atoms with Crippen LogP contribution in [-0.4, -0.2) is 33.9 Å². The summed E-state index contributed by atoms with van der Waals surface area (Å²) in [7, 11) is 1.70. The van der Waals surface area contributed by atoms with Crippen molar-refractivity contribution in [3.63, 3.8) is 0 Å². The van der Waals surface area contributed by atoms with Gasteiger partial charge < -0.3 is 14.7 Å². The van der Waals surface area contributed by atoms with Crippen LogP contribution in [0.5, 0.6) is 0 Å². The van der Waals surface area contributed by atoms with Crippen LogP contribution in [0, 0.1) is 20.8 Å². The molecular weight excluding hydrogens is 512 g/mol. The van der Waals surface area contributed by atoms with Crippen LogP contribution in [0.1, 0.15) is 43.3 Å². The van der Waals surface area contributed by atoms with Gasteiger partial charge in [-0.15, -0.1) is 0 Å². The van der Waals surface area contributed by atoms with Crippen molar-refractivity contribution in [2.24, 2.45) is 0 Å². The summed E-state index contributed by atoms with van der Waals surface area (Å²) >= 11 is 6.47. The molecule has 0 aliphatic carbocycles. The minimum atomic E-state index is -0.280. The fourth-order valence-corrected chi connectivity index (χ4v) is 4.82. The van der Waals surface area contributed by atoms with Crippen molar-refractivity contribution in [1.29, 1.82) is 0 Å². The SMILES string of the molecule is Cc1cc(C)c2nc(-c3ccccc3Cl)cc(C(=O)Nc3ccc(C(=O)N(C)Cc4cc(C)no4)cc3)c2c1. The Hall–Kier alpha value is -4.49. The van der Waals surface area contributed by atoms with Gasteiger partial charge in [-0.25, -0.2) is 4.98 Å². The Morgan fingerprint density at radius 1 is 0.974 bits per heavy atom. The normalized spacial score (nSPS) is 11.0. The predicted octanol–water partition coefficient (Wildman–Crippen LogP) is 6.99. The fraction of sp³-hybridized carbons (Fsp3) is 0.161. The topological polar surface area (TPSA) is 88.3 Å². The highest BCUT2D eigenvalue weighted by atomic mass is 35.5. The predicted molar refractivity (Wildman–Crippen MR) is 153 cm³/mol. The van der Waals surface area contributed by atoms with Gasteiger partial charge in [0.1, 0.15) is 0 Å².